The van der Waals surface area contributed by atoms with E-state index in [1.165, 1.54) is 5.56 Å². The predicted molar refractivity (Wildman–Crippen MR) is 64.4 cm³/mol. The molecule has 0 saturated carbocycles. The van der Waals surface area contributed by atoms with E-state index in [9.17, 15) is 0 Å². The van der Waals surface area contributed by atoms with Gasteiger partial charge in [0.15, 0.2) is 0 Å². The van der Waals surface area contributed by atoms with Crippen molar-refractivity contribution in [3.05, 3.63) is 41.0 Å². The Morgan fingerprint density at radius 2 is 1.67 bits per heavy atom. The first-order valence-corrected chi connectivity index (χ1v) is 5.24. The van der Waals surface area contributed by atoms with E-state index < -0.39 is 0 Å². The topological polar surface area (TPSA) is 23.8 Å². The SMILES string of the molecule is C/C(C#N)=C(\C)c1ccc(C(C)C)cc1. The van der Waals surface area contributed by atoms with Crippen molar-refractivity contribution in [3.63, 3.8) is 0 Å². The first-order chi connectivity index (χ1) is 7.06. The summed E-state index contributed by atoms with van der Waals surface area (Å²) in [7, 11) is 0. The van der Waals surface area contributed by atoms with Gasteiger partial charge in [0.05, 0.1) is 6.07 Å². The van der Waals surface area contributed by atoms with Crippen molar-refractivity contribution in [3.8, 4) is 6.07 Å². The van der Waals surface area contributed by atoms with Crippen LogP contribution in [0.15, 0.2) is 29.8 Å². The number of allylic oxidation sites excluding steroid dienone is 2. The molecular weight excluding hydrogens is 182 g/mol. The third-order valence-electron chi connectivity index (χ3n) is 2.74. The molecule has 1 aromatic rings. The van der Waals surface area contributed by atoms with Gasteiger partial charge in [0.25, 0.3) is 0 Å². The van der Waals surface area contributed by atoms with Gasteiger partial charge in [-0.2, -0.15) is 5.26 Å². The zero-order valence-corrected chi connectivity index (χ0v) is 9.83. The molecule has 1 nitrogen and oxygen atoms in total. The largest absolute Gasteiger partial charge is 0.193 e. The zero-order chi connectivity index (χ0) is 11.4. The Hall–Kier alpha value is -1.55. The Morgan fingerprint density at radius 1 is 1.13 bits per heavy atom. The standard InChI is InChI=1S/C14H17N/c1-10(2)13-5-7-14(8-6-13)12(4)11(3)9-15/h5-8,10H,1-4H3/b12-11-. The molecule has 0 spiro atoms. The second-order valence-corrected chi connectivity index (χ2v) is 4.14. The van der Waals surface area contributed by atoms with Crippen molar-refractivity contribution < 1.29 is 0 Å². The van der Waals surface area contributed by atoms with Crippen LogP contribution in [0.25, 0.3) is 5.57 Å². The molecule has 0 bridgehead atoms. The number of benzene rings is 1. The summed E-state index contributed by atoms with van der Waals surface area (Å²) in [5.41, 5.74) is 4.32. The molecule has 0 aliphatic heterocycles. The van der Waals surface area contributed by atoms with Gasteiger partial charge in [-0.1, -0.05) is 38.1 Å². The highest BCUT2D eigenvalue weighted by atomic mass is 14.2. The van der Waals surface area contributed by atoms with Gasteiger partial charge in [-0.3, -0.25) is 0 Å². The van der Waals surface area contributed by atoms with E-state index in [4.69, 9.17) is 5.26 Å². The number of hydrogen-bond donors (Lipinski definition) is 0. The molecule has 0 N–H and O–H groups in total. The van der Waals surface area contributed by atoms with Crippen molar-refractivity contribution in [2.75, 3.05) is 0 Å². The minimum absolute atomic E-state index is 0.556. The van der Waals surface area contributed by atoms with Crippen molar-refractivity contribution in [1.29, 1.82) is 5.26 Å². The second kappa shape index (κ2) is 4.79. The predicted octanol–water partition coefficient (Wildman–Crippen LogP) is 4.13. The summed E-state index contributed by atoms with van der Waals surface area (Å²) in [5, 5.41) is 8.80. The maximum Gasteiger partial charge on any atom is 0.0947 e. The van der Waals surface area contributed by atoms with Crippen LogP contribution in [0, 0.1) is 11.3 Å². The molecule has 0 unspecified atom stereocenters. The molecular formula is C14H17N. The fourth-order valence-electron chi connectivity index (χ4n) is 1.42. The second-order valence-electron chi connectivity index (χ2n) is 4.14. The van der Waals surface area contributed by atoms with Gasteiger partial charge in [-0.05, 0) is 36.5 Å². The summed E-state index contributed by atoms with van der Waals surface area (Å²) in [6.07, 6.45) is 0. The summed E-state index contributed by atoms with van der Waals surface area (Å²) in [5.74, 6) is 0.556. The van der Waals surface area contributed by atoms with Gasteiger partial charge in [-0.15, -0.1) is 0 Å². The molecule has 0 saturated heterocycles. The van der Waals surface area contributed by atoms with Crippen LogP contribution in [-0.2, 0) is 0 Å². The van der Waals surface area contributed by atoms with E-state index in [0.717, 1.165) is 16.7 Å². The highest BCUT2D eigenvalue weighted by molar-refractivity contribution is 5.69. The molecule has 0 amide bonds. The zero-order valence-electron chi connectivity index (χ0n) is 9.83. The minimum atomic E-state index is 0.556. The average molecular weight is 199 g/mol. The third kappa shape index (κ3) is 2.70. The van der Waals surface area contributed by atoms with Gasteiger partial charge in [0.1, 0.15) is 0 Å². The number of nitriles is 1. The molecule has 0 heterocycles. The monoisotopic (exact) mass is 199 g/mol. The van der Waals surface area contributed by atoms with Crippen molar-refractivity contribution in [2.45, 2.75) is 33.6 Å². The van der Waals surface area contributed by atoms with Crippen LogP contribution in [0.2, 0.25) is 0 Å². The van der Waals surface area contributed by atoms with Gasteiger partial charge < -0.3 is 0 Å². The summed E-state index contributed by atoms with van der Waals surface area (Å²) < 4.78 is 0. The molecule has 1 heteroatoms. The summed E-state index contributed by atoms with van der Waals surface area (Å²) in [6.45, 7) is 8.20. The van der Waals surface area contributed by atoms with Gasteiger partial charge in [0, 0.05) is 5.57 Å². The van der Waals surface area contributed by atoms with E-state index in [-0.39, 0.29) is 0 Å². The van der Waals surface area contributed by atoms with Crippen LogP contribution in [-0.4, -0.2) is 0 Å². The van der Waals surface area contributed by atoms with Crippen LogP contribution in [0.5, 0.6) is 0 Å². The highest BCUT2D eigenvalue weighted by Crippen LogP contribution is 2.21. The Balaban J connectivity index is 3.06. The van der Waals surface area contributed by atoms with Crippen LogP contribution >= 0.6 is 0 Å². The number of rotatable bonds is 2. The van der Waals surface area contributed by atoms with Gasteiger partial charge in [-0.25, -0.2) is 0 Å². The molecule has 0 atom stereocenters. The number of nitrogens with zero attached hydrogens (tertiary/aromatic N) is 1. The average Bonchev–Trinajstić information content (AvgIpc) is 2.27. The fraction of sp³-hybridized carbons (Fsp3) is 0.357. The van der Waals surface area contributed by atoms with Crippen LogP contribution in [0.4, 0.5) is 0 Å². The van der Waals surface area contributed by atoms with Crippen LogP contribution < -0.4 is 0 Å². The number of hydrogen-bond acceptors (Lipinski definition) is 1. The third-order valence-corrected chi connectivity index (χ3v) is 2.74. The smallest absolute Gasteiger partial charge is 0.0947 e. The lowest BCUT2D eigenvalue weighted by Gasteiger charge is -2.07. The Labute approximate surface area is 92.1 Å². The van der Waals surface area contributed by atoms with Gasteiger partial charge >= 0.3 is 0 Å². The first-order valence-electron chi connectivity index (χ1n) is 5.24. The van der Waals surface area contributed by atoms with Crippen LogP contribution in [0.3, 0.4) is 0 Å². The van der Waals surface area contributed by atoms with Crippen molar-refractivity contribution >= 4 is 5.57 Å². The van der Waals surface area contributed by atoms with E-state index in [1.54, 1.807) is 0 Å². The van der Waals surface area contributed by atoms with Crippen molar-refractivity contribution in [2.24, 2.45) is 0 Å². The maximum atomic E-state index is 8.80. The molecule has 1 rings (SSSR count). The molecule has 0 radical (unpaired) electrons. The normalized spacial score (nSPS) is 12.3. The maximum absolute atomic E-state index is 8.80. The summed E-state index contributed by atoms with van der Waals surface area (Å²) in [6, 6.07) is 10.6. The summed E-state index contributed by atoms with van der Waals surface area (Å²) in [4.78, 5) is 0. The lowest BCUT2D eigenvalue weighted by atomic mass is 9.98. The van der Waals surface area contributed by atoms with Gasteiger partial charge in [0.2, 0.25) is 0 Å². The molecule has 0 aromatic heterocycles. The Bertz CT molecular complexity index is 402. The first kappa shape index (κ1) is 11.5. The molecule has 0 aliphatic carbocycles. The minimum Gasteiger partial charge on any atom is -0.193 e. The molecule has 0 aliphatic rings. The van der Waals surface area contributed by atoms with E-state index in [2.05, 4.69) is 44.2 Å². The van der Waals surface area contributed by atoms with E-state index in [0.29, 0.717) is 5.92 Å². The molecule has 15 heavy (non-hydrogen) atoms. The van der Waals surface area contributed by atoms with E-state index >= 15 is 0 Å². The van der Waals surface area contributed by atoms with Crippen LogP contribution in [0.1, 0.15) is 44.7 Å². The van der Waals surface area contributed by atoms with E-state index in [1.807, 2.05) is 13.8 Å². The lowest BCUT2D eigenvalue weighted by molar-refractivity contribution is 0.866. The molecule has 78 valence electrons. The van der Waals surface area contributed by atoms with Crippen molar-refractivity contribution in [1.82, 2.24) is 0 Å². The molecule has 1 aromatic carbocycles. The fourth-order valence-corrected chi connectivity index (χ4v) is 1.42. The summed E-state index contributed by atoms with van der Waals surface area (Å²) >= 11 is 0. The quantitative estimate of drug-likeness (QED) is 0.657. The Morgan fingerprint density at radius 3 is 2.07 bits per heavy atom. The lowest BCUT2D eigenvalue weighted by Crippen LogP contribution is -1.88. The molecule has 0 fully saturated rings. The highest BCUT2D eigenvalue weighted by Gasteiger charge is 2.02. The Kier molecular flexibility index (Phi) is 3.68.